The van der Waals surface area contributed by atoms with Crippen LogP contribution in [-0.4, -0.2) is 74.7 Å². The maximum Gasteiger partial charge on any atom is 0.490 e. The van der Waals surface area contributed by atoms with Gasteiger partial charge in [-0.25, -0.2) is 14.4 Å². The van der Waals surface area contributed by atoms with Crippen LogP contribution < -0.4 is 21.5 Å². The maximum absolute atomic E-state index is 13.1. The number of piperazine rings is 1. The number of anilines is 1. The lowest BCUT2D eigenvalue weighted by Crippen LogP contribution is -2.44. The molecule has 15 heteroatoms. The first-order chi connectivity index (χ1) is 17.4. The van der Waals surface area contributed by atoms with Crippen molar-refractivity contribution in [3.63, 3.8) is 0 Å². The maximum atomic E-state index is 13.1. The van der Waals surface area contributed by atoms with Crippen molar-refractivity contribution in [2.45, 2.75) is 46.0 Å². The second-order valence-electron chi connectivity index (χ2n) is 7.83. The van der Waals surface area contributed by atoms with Crippen LogP contribution in [0.25, 0.3) is 11.2 Å². The normalized spacial score (nSPS) is 14.3. The van der Waals surface area contributed by atoms with E-state index < -0.39 is 35.4 Å². The number of ether oxygens (including phenoxy) is 1. The Morgan fingerprint density at radius 2 is 1.81 bits per heavy atom. The number of alkyl halides is 3. The van der Waals surface area contributed by atoms with E-state index in [0.29, 0.717) is 25.5 Å². The molecule has 37 heavy (non-hydrogen) atoms. The van der Waals surface area contributed by atoms with Crippen LogP contribution in [0.1, 0.15) is 33.2 Å². The van der Waals surface area contributed by atoms with Crippen molar-refractivity contribution < 1.29 is 32.6 Å². The monoisotopic (exact) mass is 530 g/mol. The number of carbonyl (C=O) groups is 2. The molecule has 0 amide bonds. The van der Waals surface area contributed by atoms with Crippen LogP contribution in [0.2, 0.25) is 0 Å². The van der Waals surface area contributed by atoms with Crippen molar-refractivity contribution >= 4 is 29.1 Å². The Morgan fingerprint density at radius 1 is 1.22 bits per heavy atom. The Hall–Kier alpha value is -3.80. The van der Waals surface area contributed by atoms with Crippen molar-refractivity contribution in [2.75, 3.05) is 37.7 Å². The van der Waals surface area contributed by atoms with Gasteiger partial charge in [-0.05, 0) is 20.3 Å². The lowest BCUT2D eigenvalue weighted by atomic mass is 10.2. The molecular formula is C22H29F3N6O6. The first-order valence-electron chi connectivity index (χ1n) is 11.4. The van der Waals surface area contributed by atoms with Gasteiger partial charge in [-0.2, -0.15) is 18.2 Å². The average Bonchev–Trinajstić information content (AvgIpc) is 3.23. The molecule has 3 rings (SSSR count). The molecule has 1 fully saturated rings. The Balaban J connectivity index is 0.000000604. The minimum atomic E-state index is -5.08. The zero-order valence-corrected chi connectivity index (χ0v) is 20.9. The number of carboxylic acid groups (broad SMARTS) is 1. The average molecular weight is 531 g/mol. The fourth-order valence-electron chi connectivity index (χ4n) is 3.69. The van der Waals surface area contributed by atoms with Gasteiger partial charge >= 0.3 is 23.8 Å². The van der Waals surface area contributed by atoms with Gasteiger partial charge < -0.3 is 20.1 Å². The van der Waals surface area contributed by atoms with Crippen molar-refractivity contribution in [2.24, 2.45) is 7.05 Å². The minimum absolute atomic E-state index is 0.189. The van der Waals surface area contributed by atoms with E-state index in [9.17, 15) is 27.6 Å². The first-order valence-corrected chi connectivity index (χ1v) is 11.4. The van der Waals surface area contributed by atoms with Crippen molar-refractivity contribution in [3.05, 3.63) is 20.8 Å². The van der Waals surface area contributed by atoms with E-state index in [1.807, 2.05) is 0 Å². The molecule has 1 unspecified atom stereocenters. The molecule has 2 aromatic rings. The number of hydrogen-bond acceptors (Lipinski definition) is 8. The molecule has 204 valence electrons. The third-order valence-corrected chi connectivity index (χ3v) is 5.47. The Labute approximate surface area is 209 Å². The number of carbonyl (C=O) groups excluding carboxylic acids is 1. The van der Waals surface area contributed by atoms with Gasteiger partial charge in [-0.15, -0.1) is 5.92 Å². The van der Waals surface area contributed by atoms with Crippen LogP contribution in [-0.2, 0) is 27.9 Å². The number of nitrogens with one attached hydrogen (secondary N) is 1. The highest BCUT2D eigenvalue weighted by molar-refractivity contribution is 5.80. The van der Waals surface area contributed by atoms with Crippen LogP contribution in [0.5, 0.6) is 0 Å². The van der Waals surface area contributed by atoms with Gasteiger partial charge in [0, 0.05) is 33.2 Å². The van der Waals surface area contributed by atoms with Gasteiger partial charge in [0.15, 0.2) is 11.2 Å². The largest absolute Gasteiger partial charge is 0.490 e. The van der Waals surface area contributed by atoms with E-state index in [0.717, 1.165) is 17.7 Å². The van der Waals surface area contributed by atoms with Gasteiger partial charge in [0.2, 0.25) is 5.95 Å². The van der Waals surface area contributed by atoms with E-state index >= 15 is 0 Å². The number of imidazole rings is 1. The number of halogens is 3. The number of aliphatic carboxylic acids is 1. The quantitative estimate of drug-likeness (QED) is 0.403. The molecule has 1 atom stereocenters. The number of fused-ring (bicyclic) bond motifs is 1. The van der Waals surface area contributed by atoms with Crippen molar-refractivity contribution in [3.8, 4) is 11.8 Å². The molecule has 1 saturated heterocycles. The van der Waals surface area contributed by atoms with Gasteiger partial charge in [0.05, 0.1) is 13.2 Å². The predicted molar refractivity (Wildman–Crippen MR) is 127 cm³/mol. The molecule has 0 saturated carbocycles. The zero-order valence-electron chi connectivity index (χ0n) is 20.9. The van der Waals surface area contributed by atoms with Gasteiger partial charge in [0.1, 0.15) is 6.04 Å². The van der Waals surface area contributed by atoms with Crippen LogP contribution in [0.15, 0.2) is 9.59 Å². The SMILES string of the molecule is CC#CCn1c(N2CCNCC2)nc2c1c(=O)n(C)c(=O)n2C(CC)C(=O)OCC.O=C(O)C(F)(F)F. The Bertz CT molecular complexity index is 1310. The summed E-state index contributed by atoms with van der Waals surface area (Å²) in [5, 5.41) is 10.4. The van der Waals surface area contributed by atoms with E-state index in [2.05, 4.69) is 22.1 Å². The van der Waals surface area contributed by atoms with E-state index in [1.54, 1.807) is 25.3 Å². The standard InChI is InChI=1S/C20H28N6O4.C2HF3O2/c1-5-8-11-25-15-16(22-19(25)24-12-9-21-10-13-24)26(20(29)23(4)17(15)27)14(6-2)18(28)30-7-3;3-2(4,5)1(6)7/h14,21H,6-7,9-13H2,1-4H3;(H,6,7). The molecule has 0 bridgehead atoms. The predicted octanol–water partition coefficient (Wildman–Crippen LogP) is 0.477. The number of esters is 1. The Kier molecular flexibility index (Phi) is 9.89. The lowest BCUT2D eigenvalue weighted by Gasteiger charge is -2.28. The van der Waals surface area contributed by atoms with Crippen molar-refractivity contribution in [1.29, 1.82) is 0 Å². The van der Waals surface area contributed by atoms with Gasteiger partial charge in [-0.1, -0.05) is 12.8 Å². The summed E-state index contributed by atoms with van der Waals surface area (Å²) in [6.45, 7) is 8.69. The molecule has 0 spiro atoms. The topological polar surface area (TPSA) is 141 Å². The lowest BCUT2D eigenvalue weighted by molar-refractivity contribution is -0.192. The van der Waals surface area contributed by atoms with Crippen molar-refractivity contribution in [1.82, 2.24) is 24.0 Å². The molecule has 2 N–H and O–H groups in total. The number of nitrogens with zero attached hydrogens (tertiary/aromatic N) is 5. The molecule has 1 aliphatic rings. The molecule has 12 nitrogen and oxygen atoms in total. The van der Waals surface area contributed by atoms with E-state index in [1.165, 1.54) is 11.6 Å². The molecular weight excluding hydrogens is 501 g/mol. The summed E-state index contributed by atoms with van der Waals surface area (Å²) in [5.41, 5.74) is -0.604. The number of hydrogen-bond donors (Lipinski definition) is 2. The fraction of sp³-hybridized carbons (Fsp3) is 0.591. The number of carboxylic acids is 1. The van der Waals surface area contributed by atoms with Gasteiger partial charge in [-0.3, -0.25) is 18.5 Å². The summed E-state index contributed by atoms with van der Waals surface area (Å²) >= 11 is 0. The molecule has 0 radical (unpaired) electrons. The first kappa shape index (κ1) is 29.4. The van der Waals surface area contributed by atoms with E-state index in [-0.39, 0.29) is 24.3 Å². The molecule has 2 aromatic heterocycles. The molecule has 0 aromatic carbocycles. The smallest absolute Gasteiger partial charge is 0.475 e. The van der Waals surface area contributed by atoms with Crippen LogP contribution >= 0.6 is 0 Å². The molecule has 0 aliphatic carbocycles. The highest BCUT2D eigenvalue weighted by Gasteiger charge is 2.38. The van der Waals surface area contributed by atoms with Crippen LogP contribution in [0.4, 0.5) is 19.1 Å². The third-order valence-electron chi connectivity index (χ3n) is 5.47. The summed E-state index contributed by atoms with van der Waals surface area (Å²) in [6, 6.07) is -0.872. The minimum Gasteiger partial charge on any atom is -0.475 e. The Morgan fingerprint density at radius 3 is 2.30 bits per heavy atom. The van der Waals surface area contributed by atoms with Gasteiger partial charge in [0.25, 0.3) is 5.56 Å². The second kappa shape index (κ2) is 12.4. The number of rotatable bonds is 6. The number of aromatic nitrogens is 4. The van der Waals surface area contributed by atoms with Crippen LogP contribution in [0, 0.1) is 11.8 Å². The summed E-state index contributed by atoms with van der Waals surface area (Å²) in [6.07, 6.45) is -4.75. The summed E-state index contributed by atoms with van der Waals surface area (Å²) in [7, 11) is 1.41. The molecule has 1 aliphatic heterocycles. The fourth-order valence-corrected chi connectivity index (χ4v) is 3.69. The molecule has 3 heterocycles. The third kappa shape index (κ3) is 6.50. The highest BCUT2D eigenvalue weighted by atomic mass is 19.4. The second-order valence-corrected chi connectivity index (χ2v) is 7.83. The highest BCUT2D eigenvalue weighted by Crippen LogP contribution is 2.23. The van der Waals surface area contributed by atoms with Crippen LogP contribution in [0.3, 0.4) is 0 Å². The summed E-state index contributed by atoms with van der Waals surface area (Å²) in [5.74, 6) is 3.14. The summed E-state index contributed by atoms with van der Waals surface area (Å²) < 4.78 is 41.0. The van der Waals surface area contributed by atoms with E-state index in [4.69, 9.17) is 19.6 Å². The summed E-state index contributed by atoms with van der Waals surface area (Å²) in [4.78, 5) is 54.4. The zero-order chi connectivity index (χ0) is 27.9.